The minimum Gasteiger partial charge on any atom is -0.335 e. The van der Waals surface area contributed by atoms with Crippen molar-refractivity contribution in [1.29, 1.82) is 10.5 Å². The fourth-order valence-electron chi connectivity index (χ4n) is 3.37. The van der Waals surface area contributed by atoms with E-state index in [2.05, 4.69) is 10.6 Å². The van der Waals surface area contributed by atoms with Crippen molar-refractivity contribution in [3.05, 3.63) is 53.6 Å². The van der Waals surface area contributed by atoms with Gasteiger partial charge in [0.2, 0.25) is 12.1 Å². The number of ether oxygens (including phenoxy) is 1. The van der Waals surface area contributed by atoms with Gasteiger partial charge in [0.05, 0.1) is 29.8 Å². The first-order chi connectivity index (χ1) is 16.8. The van der Waals surface area contributed by atoms with Gasteiger partial charge in [-0.25, -0.2) is 0 Å². The molecule has 3 rings (SSSR count). The largest absolute Gasteiger partial charge is 0.433 e. The van der Waals surface area contributed by atoms with Gasteiger partial charge in [-0.1, -0.05) is 0 Å². The molecule has 0 radical (unpaired) electrons. The number of nitriles is 2. The van der Waals surface area contributed by atoms with Crippen LogP contribution in [-0.4, -0.2) is 36.9 Å². The molecule has 0 saturated carbocycles. The Hall–Kier alpha value is -4.30. The maximum atomic E-state index is 13.6. The number of nitrogens with zero attached hydrogens (tertiary/aromatic N) is 3. The summed E-state index contributed by atoms with van der Waals surface area (Å²) in [6, 6.07) is 10.5. The van der Waals surface area contributed by atoms with Crippen molar-refractivity contribution in [2.75, 3.05) is 22.1 Å². The maximum absolute atomic E-state index is 13.6. The summed E-state index contributed by atoms with van der Waals surface area (Å²) < 4.78 is 85.6. The minimum absolute atomic E-state index is 0.140. The number of rotatable bonds is 5. The van der Waals surface area contributed by atoms with Gasteiger partial charge < -0.3 is 20.3 Å². The molecule has 0 aliphatic carbocycles. The lowest BCUT2D eigenvalue weighted by Gasteiger charge is -2.27. The summed E-state index contributed by atoms with van der Waals surface area (Å²) >= 11 is 0. The van der Waals surface area contributed by atoms with Crippen LogP contribution in [0.25, 0.3) is 0 Å². The minimum atomic E-state index is -5.05. The molecule has 2 aromatic carbocycles. The molecular formula is C22H15F6N5O3. The highest BCUT2D eigenvalue weighted by molar-refractivity contribution is 5.96. The maximum Gasteiger partial charge on any atom is 0.433 e. The second-order valence-electron chi connectivity index (χ2n) is 7.46. The van der Waals surface area contributed by atoms with Crippen LogP contribution >= 0.6 is 0 Å². The number of hydrogen-bond donors (Lipinski definition) is 2. The molecule has 0 unspecified atom stereocenters. The lowest BCUT2D eigenvalue weighted by atomic mass is 10.1. The molecular weight excluding hydrogens is 496 g/mol. The molecule has 0 spiro atoms. The number of anilines is 3. The lowest BCUT2D eigenvalue weighted by molar-refractivity contribution is -0.212. The topological polar surface area (TPSA) is 118 Å². The van der Waals surface area contributed by atoms with Crippen molar-refractivity contribution in [1.82, 2.24) is 0 Å². The molecule has 8 nitrogen and oxygen atoms in total. The Balaban J connectivity index is 1.79. The standard InChI is InChI=1S/C22H15F6N5O3/c23-21(24,25)16-9-15(6-1-12(16)10-30)33-11-17(36-20(33)22(26,27)28)19(35)32-14-4-2-13(3-5-14)31-18(34)7-8-29/h1-6,9,17,20H,7,11H2,(H,31,34)(H,32,35)/t17-,20+/m0/s1. The number of alkyl halides is 6. The Morgan fingerprint density at radius 1 is 1.00 bits per heavy atom. The second kappa shape index (κ2) is 10.1. The molecule has 14 heteroatoms. The molecule has 0 aromatic heterocycles. The fourth-order valence-corrected chi connectivity index (χ4v) is 3.37. The Morgan fingerprint density at radius 3 is 2.14 bits per heavy atom. The average molecular weight is 511 g/mol. The van der Waals surface area contributed by atoms with Crippen LogP contribution in [0.1, 0.15) is 17.5 Å². The van der Waals surface area contributed by atoms with Crippen LogP contribution in [0.15, 0.2) is 42.5 Å². The van der Waals surface area contributed by atoms with Gasteiger partial charge in [-0.05, 0) is 42.5 Å². The van der Waals surface area contributed by atoms with E-state index in [9.17, 15) is 35.9 Å². The van der Waals surface area contributed by atoms with Gasteiger partial charge in [-0.15, -0.1) is 0 Å². The SMILES string of the molecule is N#CCC(=O)Nc1ccc(NC(=O)[C@@H]2CN(c3ccc(C#N)c(C(F)(F)F)c3)[C@@H](C(F)(F)F)O2)cc1. The zero-order valence-corrected chi connectivity index (χ0v) is 17.9. The van der Waals surface area contributed by atoms with E-state index in [1.807, 2.05) is 0 Å². The molecule has 2 N–H and O–H groups in total. The van der Waals surface area contributed by atoms with Gasteiger partial charge in [0.1, 0.15) is 6.42 Å². The number of nitrogens with one attached hydrogen (secondary N) is 2. The summed E-state index contributed by atoms with van der Waals surface area (Å²) in [6.45, 7) is -0.721. The van der Waals surface area contributed by atoms with Crippen LogP contribution in [0, 0.1) is 22.7 Å². The average Bonchev–Trinajstić information content (AvgIpc) is 3.26. The van der Waals surface area contributed by atoms with Crippen molar-refractivity contribution >= 4 is 28.9 Å². The number of halogens is 6. The molecule has 1 aliphatic rings. The van der Waals surface area contributed by atoms with Gasteiger partial charge in [0.15, 0.2) is 6.10 Å². The van der Waals surface area contributed by atoms with Gasteiger partial charge in [0, 0.05) is 17.1 Å². The number of hydrogen-bond acceptors (Lipinski definition) is 6. The van der Waals surface area contributed by atoms with E-state index < -0.39 is 59.9 Å². The van der Waals surface area contributed by atoms with E-state index in [0.29, 0.717) is 16.7 Å². The molecule has 2 amide bonds. The van der Waals surface area contributed by atoms with Gasteiger partial charge in [-0.2, -0.15) is 36.9 Å². The van der Waals surface area contributed by atoms with Crippen LogP contribution in [-0.2, 0) is 20.5 Å². The first-order valence-electron chi connectivity index (χ1n) is 10.0. The summed E-state index contributed by atoms with van der Waals surface area (Å²) in [6.07, 6.45) is -14.8. The monoisotopic (exact) mass is 511 g/mol. The Morgan fingerprint density at radius 2 is 1.61 bits per heavy atom. The summed E-state index contributed by atoms with van der Waals surface area (Å²) in [4.78, 5) is 24.5. The van der Waals surface area contributed by atoms with E-state index in [1.165, 1.54) is 30.3 Å². The van der Waals surface area contributed by atoms with Crippen LogP contribution < -0.4 is 15.5 Å². The summed E-state index contributed by atoms with van der Waals surface area (Å²) in [5.41, 5.74) is -2.28. The number of carbonyl (C=O) groups excluding carboxylic acids is 2. The van der Waals surface area contributed by atoms with E-state index >= 15 is 0 Å². The van der Waals surface area contributed by atoms with E-state index in [1.54, 1.807) is 6.07 Å². The first kappa shape index (κ1) is 26.3. The molecule has 1 heterocycles. The van der Waals surface area contributed by atoms with Gasteiger partial charge >= 0.3 is 12.4 Å². The molecule has 1 fully saturated rings. The number of amides is 2. The third-order valence-electron chi connectivity index (χ3n) is 4.95. The number of benzene rings is 2. The molecule has 0 bridgehead atoms. The lowest BCUT2D eigenvalue weighted by Crippen LogP contribution is -2.42. The quantitative estimate of drug-likeness (QED) is 0.582. The predicted octanol–water partition coefficient (Wildman–Crippen LogP) is 4.16. The normalized spacial score (nSPS) is 17.7. The highest BCUT2D eigenvalue weighted by Gasteiger charge is 2.52. The Bertz CT molecular complexity index is 1230. The highest BCUT2D eigenvalue weighted by Crippen LogP contribution is 2.39. The van der Waals surface area contributed by atoms with Gasteiger partial charge in [-0.3, -0.25) is 9.59 Å². The predicted molar refractivity (Wildman–Crippen MR) is 112 cm³/mol. The second-order valence-corrected chi connectivity index (χ2v) is 7.46. The third-order valence-corrected chi connectivity index (χ3v) is 4.95. The van der Waals surface area contributed by atoms with E-state index in [0.717, 1.165) is 12.1 Å². The van der Waals surface area contributed by atoms with Crippen molar-refractivity contribution < 1.29 is 40.7 Å². The molecule has 1 saturated heterocycles. The zero-order chi connectivity index (χ0) is 26.7. The van der Waals surface area contributed by atoms with E-state index in [4.69, 9.17) is 15.3 Å². The molecule has 1 aliphatic heterocycles. The van der Waals surface area contributed by atoms with Crippen molar-refractivity contribution in [2.24, 2.45) is 0 Å². The summed E-state index contributed by atoms with van der Waals surface area (Å²) in [5.74, 6) is -1.55. The Labute approximate surface area is 199 Å². The van der Waals surface area contributed by atoms with Gasteiger partial charge in [0.25, 0.3) is 5.91 Å². The van der Waals surface area contributed by atoms with Crippen molar-refractivity contribution in [3.8, 4) is 12.1 Å². The summed E-state index contributed by atoms with van der Waals surface area (Å²) in [7, 11) is 0. The first-order valence-corrected chi connectivity index (χ1v) is 10.0. The van der Waals surface area contributed by atoms with Crippen LogP contribution in [0.5, 0.6) is 0 Å². The Kier molecular flexibility index (Phi) is 7.40. The van der Waals surface area contributed by atoms with Crippen LogP contribution in [0.3, 0.4) is 0 Å². The van der Waals surface area contributed by atoms with E-state index in [-0.39, 0.29) is 12.1 Å². The van der Waals surface area contributed by atoms with Crippen molar-refractivity contribution in [2.45, 2.75) is 31.1 Å². The van der Waals surface area contributed by atoms with Crippen molar-refractivity contribution in [3.63, 3.8) is 0 Å². The van der Waals surface area contributed by atoms with Crippen LogP contribution in [0.4, 0.5) is 43.4 Å². The summed E-state index contributed by atoms with van der Waals surface area (Å²) in [5, 5.41) is 22.2. The fraction of sp³-hybridized carbons (Fsp3) is 0.273. The third kappa shape index (κ3) is 6.03. The number of carbonyl (C=O) groups is 2. The molecule has 36 heavy (non-hydrogen) atoms. The molecule has 2 atom stereocenters. The smallest absolute Gasteiger partial charge is 0.335 e. The van der Waals surface area contributed by atoms with Crippen LogP contribution in [0.2, 0.25) is 0 Å². The zero-order valence-electron chi connectivity index (χ0n) is 17.9. The molecule has 188 valence electrons. The highest BCUT2D eigenvalue weighted by atomic mass is 19.4. The molecule has 2 aromatic rings.